The van der Waals surface area contributed by atoms with Gasteiger partial charge in [0.25, 0.3) is 0 Å². The molecule has 1 aliphatic rings. The summed E-state index contributed by atoms with van der Waals surface area (Å²) in [7, 11) is 0. The quantitative estimate of drug-likeness (QED) is 0.795. The Kier molecular flexibility index (Phi) is 3.80. The predicted molar refractivity (Wildman–Crippen MR) is 79.6 cm³/mol. The van der Waals surface area contributed by atoms with Gasteiger partial charge in [-0.2, -0.15) is 11.8 Å². The first kappa shape index (κ1) is 12.4. The molecule has 3 rings (SSSR count). The molecule has 0 bridgehead atoms. The SMILES string of the molecule is ClCCc1nc2ccccc2n1CC1CCCS1. The normalized spacial score (nSPS) is 19.7. The number of aromatic nitrogens is 2. The van der Waals surface area contributed by atoms with Gasteiger partial charge in [-0.1, -0.05) is 12.1 Å². The first-order chi connectivity index (χ1) is 8.88. The highest BCUT2D eigenvalue weighted by atomic mass is 35.5. The Labute approximate surface area is 117 Å². The van der Waals surface area contributed by atoms with Crippen LogP contribution in [-0.4, -0.2) is 26.4 Å². The van der Waals surface area contributed by atoms with E-state index < -0.39 is 0 Å². The van der Waals surface area contributed by atoms with Crippen LogP contribution < -0.4 is 0 Å². The summed E-state index contributed by atoms with van der Waals surface area (Å²) in [5.74, 6) is 3.09. The summed E-state index contributed by atoms with van der Waals surface area (Å²) in [6.45, 7) is 1.08. The van der Waals surface area contributed by atoms with E-state index in [9.17, 15) is 0 Å². The van der Waals surface area contributed by atoms with Crippen molar-refractivity contribution in [2.24, 2.45) is 0 Å². The van der Waals surface area contributed by atoms with Crippen molar-refractivity contribution >= 4 is 34.4 Å². The van der Waals surface area contributed by atoms with Crippen LogP contribution >= 0.6 is 23.4 Å². The second-order valence-electron chi connectivity index (χ2n) is 4.70. The largest absolute Gasteiger partial charge is 0.327 e. The number of para-hydroxylation sites is 2. The topological polar surface area (TPSA) is 17.8 Å². The number of hydrogen-bond donors (Lipinski definition) is 0. The Morgan fingerprint density at radius 2 is 2.28 bits per heavy atom. The maximum Gasteiger partial charge on any atom is 0.111 e. The number of halogens is 1. The smallest absolute Gasteiger partial charge is 0.111 e. The molecule has 2 heterocycles. The zero-order valence-corrected chi connectivity index (χ0v) is 11.9. The lowest BCUT2D eigenvalue weighted by atomic mass is 10.2. The standard InChI is InChI=1S/C14H17ClN2S/c15-8-7-14-16-12-5-1-2-6-13(12)17(14)10-11-4-3-9-18-11/h1-2,5-6,11H,3-4,7-10H2. The summed E-state index contributed by atoms with van der Waals surface area (Å²) < 4.78 is 2.38. The van der Waals surface area contributed by atoms with Crippen molar-refractivity contribution < 1.29 is 0 Å². The van der Waals surface area contributed by atoms with Crippen LogP contribution in [0.25, 0.3) is 11.0 Å². The molecule has 1 fully saturated rings. The summed E-state index contributed by atoms with van der Waals surface area (Å²) in [5.41, 5.74) is 2.35. The minimum atomic E-state index is 0.640. The van der Waals surface area contributed by atoms with E-state index >= 15 is 0 Å². The van der Waals surface area contributed by atoms with E-state index in [0.717, 1.165) is 29.6 Å². The van der Waals surface area contributed by atoms with Gasteiger partial charge in [-0.25, -0.2) is 4.98 Å². The first-order valence-electron chi connectivity index (χ1n) is 6.50. The van der Waals surface area contributed by atoms with Crippen LogP contribution in [0.15, 0.2) is 24.3 Å². The number of thioether (sulfide) groups is 1. The molecule has 0 N–H and O–H groups in total. The van der Waals surface area contributed by atoms with Gasteiger partial charge in [0.2, 0.25) is 0 Å². The fourth-order valence-electron chi connectivity index (χ4n) is 2.60. The number of benzene rings is 1. The van der Waals surface area contributed by atoms with E-state index in [1.54, 1.807) is 0 Å². The molecule has 1 aromatic carbocycles. The van der Waals surface area contributed by atoms with E-state index in [-0.39, 0.29) is 0 Å². The molecule has 1 atom stereocenters. The van der Waals surface area contributed by atoms with Gasteiger partial charge in [-0.05, 0) is 30.7 Å². The molecule has 0 aliphatic carbocycles. The summed E-state index contributed by atoms with van der Waals surface area (Å²) in [4.78, 5) is 4.71. The fourth-order valence-corrected chi connectivity index (χ4v) is 4.02. The van der Waals surface area contributed by atoms with Crippen molar-refractivity contribution in [3.8, 4) is 0 Å². The van der Waals surface area contributed by atoms with Crippen LogP contribution in [0.4, 0.5) is 0 Å². The van der Waals surface area contributed by atoms with E-state index in [4.69, 9.17) is 16.6 Å². The van der Waals surface area contributed by atoms with Crippen molar-refractivity contribution in [3.05, 3.63) is 30.1 Å². The third-order valence-electron chi connectivity index (χ3n) is 3.46. The molecule has 0 spiro atoms. The monoisotopic (exact) mass is 280 g/mol. The van der Waals surface area contributed by atoms with Gasteiger partial charge >= 0.3 is 0 Å². The van der Waals surface area contributed by atoms with Crippen molar-refractivity contribution in [2.45, 2.75) is 31.1 Å². The molecular weight excluding hydrogens is 264 g/mol. The van der Waals surface area contributed by atoms with Gasteiger partial charge in [-0.3, -0.25) is 0 Å². The molecular formula is C14H17ClN2S. The minimum absolute atomic E-state index is 0.640. The highest BCUT2D eigenvalue weighted by molar-refractivity contribution is 8.00. The number of hydrogen-bond acceptors (Lipinski definition) is 2. The number of alkyl halides is 1. The average Bonchev–Trinajstić information content (AvgIpc) is 3.00. The van der Waals surface area contributed by atoms with Gasteiger partial charge in [0.15, 0.2) is 0 Å². The first-order valence-corrected chi connectivity index (χ1v) is 8.08. The maximum atomic E-state index is 5.89. The van der Waals surface area contributed by atoms with E-state index in [0.29, 0.717) is 5.88 Å². The molecule has 1 aromatic heterocycles. The Hall–Kier alpha value is -0.670. The molecule has 2 nitrogen and oxygen atoms in total. The maximum absolute atomic E-state index is 5.89. The molecule has 1 saturated heterocycles. The number of aryl methyl sites for hydroxylation is 1. The van der Waals surface area contributed by atoms with E-state index in [2.05, 4.69) is 40.6 Å². The van der Waals surface area contributed by atoms with Gasteiger partial charge in [0.05, 0.1) is 11.0 Å². The van der Waals surface area contributed by atoms with Crippen LogP contribution in [-0.2, 0) is 13.0 Å². The molecule has 4 heteroatoms. The van der Waals surface area contributed by atoms with Crippen LogP contribution in [0.5, 0.6) is 0 Å². The Morgan fingerprint density at radius 1 is 1.39 bits per heavy atom. The lowest BCUT2D eigenvalue weighted by Gasteiger charge is -2.13. The third-order valence-corrected chi connectivity index (χ3v) is 5.03. The van der Waals surface area contributed by atoms with Crippen molar-refractivity contribution in [3.63, 3.8) is 0 Å². The summed E-state index contributed by atoms with van der Waals surface area (Å²) in [6.07, 6.45) is 3.54. The van der Waals surface area contributed by atoms with Crippen molar-refractivity contribution in [2.75, 3.05) is 11.6 Å². The Morgan fingerprint density at radius 3 is 3.06 bits per heavy atom. The molecule has 1 unspecified atom stereocenters. The minimum Gasteiger partial charge on any atom is -0.327 e. The summed E-state index contributed by atoms with van der Waals surface area (Å²) >= 11 is 7.99. The van der Waals surface area contributed by atoms with Crippen LogP contribution in [0.1, 0.15) is 18.7 Å². The molecule has 0 amide bonds. The molecule has 18 heavy (non-hydrogen) atoms. The zero-order valence-electron chi connectivity index (χ0n) is 10.3. The van der Waals surface area contributed by atoms with Gasteiger partial charge in [0, 0.05) is 24.1 Å². The highest BCUT2D eigenvalue weighted by Crippen LogP contribution is 2.29. The number of nitrogens with zero attached hydrogens (tertiary/aromatic N) is 2. The summed E-state index contributed by atoms with van der Waals surface area (Å²) in [6, 6.07) is 8.40. The van der Waals surface area contributed by atoms with Gasteiger partial charge in [-0.15, -0.1) is 11.6 Å². The second kappa shape index (κ2) is 5.54. The second-order valence-corrected chi connectivity index (χ2v) is 6.49. The highest BCUT2D eigenvalue weighted by Gasteiger charge is 2.19. The molecule has 0 saturated carbocycles. The predicted octanol–water partition coefficient (Wildman–Crippen LogP) is 3.71. The van der Waals surface area contributed by atoms with Gasteiger partial charge < -0.3 is 4.57 Å². The van der Waals surface area contributed by atoms with Crippen LogP contribution in [0, 0.1) is 0 Å². The van der Waals surface area contributed by atoms with Gasteiger partial charge in [0.1, 0.15) is 5.82 Å². The van der Waals surface area contributed by atoms with E-state index in [1.807, 2.05) is 0 Å². The lowest BCUT2D eigenvalue weighted by molar-refractivity contribution is 0.627. The number of fused-ring (bicyclic) bond motifs is 1. The molecule has 2 aromatic rings. The van der Waals surface area contributed by atoms with Crippen molar-refractivity contribution in [1.82, 2.24) is 9.55 Å². The van der Waals surface area contributed by atoms with Crippen LogP contribution in [0.2, 0.25) is 0 Å². The number of rotatable bonds is 4. The Balaban J connectivity index is 1.97. The number of imidazole rings is 1. The van der Waals surface area contributed by atoms with E-state index in [1.165, 1.54) is 24.1 Å². The molecule has 0 radical (unpaired) electrons. The van der Waals surface area contributed by atoms with Crippen molar-refractivity contribution in [1.29, 1.82) is 0 Å². The lowest BCUT2D eigenvalue weighted by Crippen LogP contribution is -2.13. The fraction of sp³-hybridized carbons (Fsp3) is 0.500. The average molecular weight is 281 g/mol. The molecule has 1 aliphatic heterocycles. The van der Waals surface area contributed by atoms with Crippen LogP contribution in [0.3, 0.4) is 0 Å². The third kappa shape index (κ3) is 2.39. The Bertz CT molecular complexity index is 532. The molecule has 96 valence electrons. The zero-order chi connectivity index (χ0) is 12.4. The summed E-state index contributed by atoms with van der Waals surface area (Å²) in [5, 5.41) is 0.747.